The smallest absolute Gasteiger partial charge is 0.410 e. The third-order valence-electron chi connectivity index (χ3n) is 5.44. The summed E-state index contributed by atoms with van der Waals surface area (Å²) in [5.41, 5.74) is 3.15. The number of carbonyl (C=O) groups excluding carboxylic acids is 1. The number of fused-ring (bicyclic) bond motifs is 3. The van der Waals surface area contributed by atoms with Gasteiger partial charge in [-0.05, 0) is 43.3 Å². The molecule has 0 saturated carbocycles. The molecular formula is C22H26N2O4. The van der Waals surface area contributed by atoms with Crippen molar-refractivity contribution in [1.29, 1.82) is 0 Å². The topological polar surface area (TPSA) is 70.1 Å². The molecule has 0 bridgehead atoms. The minimum Gasteiger partial charge on any atom is -0.479 e. The highest BCUT2D eigenvalue weighted by atomic mass is 16.6. The number of rotatable bonds is 6. The highest BCUT2D eigenvalue weighted by Crippen LogP contribution is 2.44. The minimum absolute atomic E-state index is 0.0605. The molecule has 0 saturated heterocycles. The summed E-state index contributed by atoms with van der Waals surface area (Å²) in [6.45, 7) is 1.87. The molecule has 0 radical (unpaired) electrons. The molecule has 1 N–H and O–H groups in total. The van der Waals surface area contributed by atoms with Crippen molar-refractivity contribution in [1.82, 2.24) is 9.80 Å². The summed E-state index contributed by atoms with van der Waals surface area (Å²) in [4.78, 5) is 27.4. The standard InChI is InChI=1S/C22H26N2O4/c1-22(20(25)26,14-23(2)3)24(4)21(27)28-13-19-17-11-7-5-9-15(17)16-10-6-8-12-18(16)19/h5-12,19H,13-14H2,1-4H3,(H,25,26). The van der Waals surface area contributed by atoms with Crippen LogP contribution in [0, 0.1) is 0 Å². The molecule has 0 heterocycles. The van der Waals surface area contributed by atoms with Crippen molar-refractivity contribution in [2.75, 3.05) is 34.3 Å². The number of carboxylic acid groups (broad SMARTS) is 1. The molecular weight excluding hydrogens is 356 g/mol. The normalized spacial score (nSPS) is 14.9. The molecule has 3 rings (SSSR count). The van der Waals surface area contributed by atoms with E-state index >= 15 is 0 Å². The van der Waals surface area contributed by atoms with E-state index in [9.17, 15) is 14.7 Å². The predicted molar refractivity (Wildman–Crippen MR) is 107 cm³/mol. The van der Waals surface area contributed by atoms with E-state index < -0.39 is 17.6 Å². The molecule has 6 nitrogen and oxygen atoms in total. The predicted octanol–water partition coefficient (Wildman–Crippen LogP) is 3.27. The van der Waals surface area contributed by atoms with Crippen molar-refractivity contribution in [2.45, 2.75) is 18.4 Å². The molecule has 1 aliphatic rings. The number of hydrogen-bond acceptors (Lipinski definition) is 4. The molecule has 2 aromatic carbocycles. The largest absolute Gasteiger partial charge is 0.479 e. The Labute approximate surface area is 165 Å². The lowest BCUT2D eigenvalue weighted by Crippen LogP contribution is -2.58. The van der Waals surface area contributed by atoms with E-state index in [1.54, 1.807) is 19.0 Å². The summed E-state index contributed by atoms with van der Waals surface area (Å²) in [6, 6.07) is 16.2. The number of hydrogen-bond donors (Lipinski definition) is 1. The van der Waals surface area contributed by atoms with Crippen LogP contribution in [0.2, 0.25) is 0 Å². The van der Waals surface area contributed by atoms with Crippen LogP contribution < -0.4 is 0 Å². The number of amides is 1. The van der Waals surface area contributed by atoms with Gasteiger partial charge in [-0.1, -0.05) is 48.5 Å². The molecule has 2 aromatic rings. The summed E-state index contributed by atoms with van der Waals surface area (Å²) in [5, 5.41) is 9.66. The van der Waals surface area contributed by atoms with Crippen molar-refractivity contribution in [3.05, 3.63) is 59.7 Å². The lowest BCUT2D eigenvalue weighted by atomic mass is 9.98. The maximum absolute atomic E-state index is 12.7. The zero-order valence-corrected chi connectivity index (χ0v) is 16.7. The van der Waals surface area contributed by atoms with E-state index in [0.29, 0.717) is 0 Å². The Balaban J connectivity index is 1.78. The van der Waals surface area contributed by atoms with Crippen molar-refractivity contribution in [3.8, 4) is 11.1 Å². The van der Waals surface area contributed by atoms with Gasteiger partial charge in [0.1, 0.15) is 6.61 Å². The van der Waals surface area contributed by atoms with Crippen LogP contribution in [0.15, 0.2) is 48.5 Å². The first-order valence-corrected chi connectivity index (χ1v) is 9.22. The third kappa shape index (κ3) is 3.47. The van der Waals surface area contributed by atoms with Gasteiger partial charge in [-0.15, -0.1) is 0 Å². The zero-order chi connectivity index (χ0) is 20.5. The Hall–Kier alpha value is -2.86. The lowest BCUT2D eigenvalue weighted by Gasteiger charge is -2.36. The van der Waals surface area contributed by atoms with Gasteiger partial charge in [0.25, 0.3) is 0 Å². The van der Waals surface area contributed by atoms with Gasteiger partial charge >= 0.3 is 12.1 Å². The van der Waals surface area contributed by atoms with Gasteiger partial charge in [0.2, 0.25) is 0 Å². The quantitative estimate of drug-likeness (QED) is 0.830. The van der Waals surface area contributed by atoms with Crippen LogP contribution in [0.25, 0.3) is 11.1 Å². The van der Waals surface area contributed by atoms with Gasteiger partial charge in [-0.25, -0.2) is 9.59 Å². The Kier molecular flexibility index (Phi) is 5.42. The van der Waals surface area contributed by atoms with E-state index in [1.165, 1.54) is 18.9 Å². The van der Waals surface area contributed by atoms with Gasteiger partial charge in [0, 0.05) is 19.5 Å². The highest BCUT2D eigenvalue weighted by molar-refractivity contribution is 5.84. The molecule has 1 unspecified atom stereocenters. The fraction of sp³-hybridized carbons (Fsp3) is 0.364. The van der Waals surface area contributed by atoms with Gasteiger partial charge in [0.05, 0.1) is 0 Å². The first-order chi connectivity index (χ1) is 13.3. The molecule has 0 aromatic heterocycles. The second-order valence-corrected chi connectivity index (χ2v) is 7.68. The molecule has 0 spiro atoms. The number of ether oxygens (including phenoxy) is 1. The Morgan fingerprint density at radius 3 is 1.96 bits per heavy atom. The molecule has 0 aliphatic heterocycles. The second-order valence-electron chi connectivity index (χ2n) is 7.68. The summed E-state index contributed by atoms with van der Waals surface area (Å²) in [5.74, 6) is -1.13. The maximum Gasteiger partial charge on any atom is 0.410 e. The van der Waals surface area contributed by atoms with Crippen LogP contribution in [0.5, 0.6) is 0 Å². The summed E-state index contributed by atoms with van der Waals surface area (Å²) in [7, 11) is 5.01. The molecule has 1 atom stereocenters. The Morgan fingerprint density at radius 1 is 1.00 bits per heavy atom. The minimum atomic E-state index is -1.38. The van der Waals surface area contributed by atoms with Crippen molar-refractivity contribution < 1.29 is 19.4 Å². The van der Waals surface area contributed by atoms with Crippen LogP contribution in [0.4, 0.5) is 4.79 Å². The molecule has 1 aliphatic carbocycles. The van der Waals surface area contributed by atoms with E-state index in [1.807, 2.05) is 36.4 Å². The van der Waals surface area contributed by atoms with E-state index in [4.69, 9.17) is 4.74 Å². The molecule has 0 fully saturated rings. The van der Waals surface area contributed by atoms with Crippen LogP contribution in [0.3, 0.4) is 0 Å². The fourth-order valence-electron chi connectivity index (χ4n) is 3.83. The van der Waals surface area contributed by atoms with Gasteiger partial charge in [-0.2, -0.15) is 0 Å². The van der Waals surface area contributed by atoms with Crippen molar-refractivity contribution >= 4 is 12.1 Å². The first kappa shape index (κ1) is 19.9. The molecule has 148 valence electrons. The number of aliphatic carboxylic acids is 1. The van der Waals surface area contributed by atoms with E-state index in [-0.39, 0.29) is 19.1 Å². The van der Waals surface area contributed by atoms with Gasteiger partial charge < -0.3 is 14.7 Å². The number of carbonyl (C=O) groups is 2. The number of likely N-dealkylation sites (N-methyl/N-ethyl adjacent to an activating group) is 2. The molecule has 1 amide bonds. The molecule has 6 heteroatoms. The highest BCUT2D eigenvalue weighted by Gasteiger charge is 2.42. The lowest BCUT2D eigenvalue weighted by molar-refractivity contribution is -0.149. The van der Waals surface area contributed by atoms with Crippen molar-refractivity contribution in [2.24, 2.45) is 0 Å². The monoisotopic (exact) mass is 382 g/mol. The Morgan fingerprint density at radius 2 is 1.50 bits per heavy atom. The van der Waals surface area contributed by atoms with Crippen LogP contribution in [-0.2, 0) is 9.53 Å². The van der Waals surface area contributed by atoms with Gasteiger partial charge in [-0.3, -0.25) is 4.90 Å². The average molecular weight is 382 g/mol. The summed E-state index contributed by atoms with van der Waals surface area (Å²) >= 11 is 0. The summed E-state index contributed by atoms with van der Waals surface area (Å²) in [6.07, 6.45) is -0.645. The number of benzene rings is 2. The first-order valence-electron chi connectivity index (χ1n) is 9.22. The van der Waals surface area contributed by atoms with Crippen LogP contribution in [-0.4, -0.2) is 66.8 Å². The second kappa shape index (κ2) is 7.64. The molecule has 28 heavy (non-hydrogen) atoms. The van der Waals surface area contributed by atoms with E-state index in [0.717, 1.165) is 22.3 Å². The van der Waals surface area contributed by atoms with E-state index in [2.05, 4.69) is 12.1 Å². The SMILES string of the molecule is CN(C)CC(C)(C(=O)O)N(C)C(=O)OCC1c2ccccc2-c2ccccc21. The average Bonchev–Trinajstić information content (AvgIpc) is 2.98. The maximum atomic E-state index is 12.7. The third-order valence-corrected chi connectivity index (χ3v) is 5.44. The Bertz CT molecular complexity index is 850. The fourth-order valence-corrected chi connectivity index (χ4v) is 3.83. The van der Waals surface area contributed by atoms with Gasteiger partial charge in [0.15, 0.2) is 5.54 Å². The summed E-state index contributed by atoms with van der Waals surface area (Å²) < 4.78 is 5.58. The van der Waals surface area contributed by atoms with Crippen molar-refractivity contribution in [3.63, 3.8) is 0 Å². The number of carboxylic acids is 1. The number of nitrogens with zero attached hydrogens (tertiary/aromatic N) is 2. The van der Waals surface area contributed by atoms with Crippen LogP contribution >= 0.6 is 0 Å². The van der Waals surface area contributed by atoms with Crippen LogP contribution in [0.1, 0.15) is 24.0 Å². The zero-order valence-electron chi connectivity index (χ0n) is 16.7.